The summed E-state index contributed by atoms with van der Waals surface area (Å²) in [6.07, 6.45) is 0.954. The zero-order chi connectivity index (χ0) is 17.6. The Kier molecular flexibility index (Phi) is 5.95. The number of amides is 1. The number of nitrogens with zero attached hydrogens (tertiary/aromatic N) is 2. The third-order valence-electron chi connectivity index (χ3n) is 4.64. The number of rotatable bonds is 5. The fourth-order valence-corrected chi connectivity index (χ4v) is 3.26. The summed E-state index contributed by atoms with van der Waals surface area (Å²) in [5.41, 5.74) is 1.93. The second kappa shape index (κ2) is 8.37. The van der Waals surface area contributed by atoms with Gasteiger partial charge in [0, 0.05) is 43.3 Å². The van der Waals surface area contributed by atoms with Gasteiger partial charge in [-0.05, 0) is 42.3 Å². The van der Waals surface area contributed by atoms with Crippen molar-refractivity contribution >= 4 is 17.5 Å². The van der Waals surface area contributed by atoms with Crippen LogP contribution in [0.4, 0.5) is 0 Å². The number of hydrogen-bond acceptors (Lipinski definition) is 3. The van der Waals surface area contributed by atoms with Crippen LogP contribution in [0.15, 0.2) is 48.5 Å². The second-order valence-corrected chi connectivity index (χ2v) is 6.64. The molecule has 1 saturated heterocycles. The van der Waals surface area contributed by atoms with E-state index in [2.05, 4.69) is 11.0 Å². The first kappa shape index (κ1) is 17.8. The first-order valence-corrected chi connectivity index (χ1v) is 8.94. The molecule has 0 atom stereocenters. The first-order chi connectivity index (χ1) is 12.2. The lowest BCUT2D eigenvalue weighted by atomic mass is 10.1. The standard InChI is InChI=1S/C20H23ClN2O2/c1-25-19-5-3-2-4-16(19)10-11-22-12-14-23(15-13-22)20(24)17-6-8-18(21)9-7-17/h2-9H,10-15H2,1H3. The Morgan fingerprint density at radius 2 is 1.72 bits per heavy atom. The van der Waals surface area contributed by atoms with Crippen LogP contribution >= 0.6 is 11.6 Å². The molecule has 0 unspecified atom stereocenters. The molecular formula is C20H23ClN2O2. The summed E-state index contributed by atoms with van der Waals surface area (Å²) in [5, 5.41) is 0.651. The van der Waals surface area contributed by atoms with Crippen LogP contribution in [0.3, 0.4) is 0 Å². The van der Waals surface area contributed by atoms with E-state index in [0.717, 1.165) is 44.9 Å². The molecule has 0 aromatic heterocycles. The number of methoxy groups -OCH3 is 1. The van der Waals surface area contributed by atoms with Crippen molar-refractivity contribution in [2.24, 2.45) is 0 Å². The average Bonchev–Trinajstić information content (AvgIpc) is 2.67. The number of hydrogen-bond donors (Lipinski definition) is 0. The van der Waals surface area contributed by atoms with E-state index < -0.39 is 0 Å². The fourth-order valence-electron chi connectivity index (χ4n) is 3.14. The molecule has 0 spiro atoms. The molecule has 2 aromatic rings. The largest absolute Gasteiger partial charge is 0.496 e. The summed E-state index contributed by atoms with van der Waals surface area (Å²) < 4.78 is 5.41. The number of ether oxygens (including phenoxy) is 1. The number of piperazine rings is 1. The van der Waals surface area contributed by atoms with Gasteiger partial charge in [-0.1, -0.05) is 29.8 Å². The summed E-state index contributed by atoms with van der Waals surface area (Å²) in [6, 6.07) is 15.2. The predicted octanol–water partition coefficient (Wildman–Crippen LogP) is 3.35. The maximum atomic E-state index is 12.5. The number of para-hydroxylation sites is 1. The maximum Gasteiger partial charge on any atom is 0.253 e. The van der Waals surface area contributed by atoms with Crippen molar-refractivity contribution in [2.45, 2.75) is 6.42 Å². The van der Waals surface area contributed by atoms with Crippen LogP contribution in [-0.2, 0) is 6.42 Å². The minimum Gasteiger partial charge on any atom is -0.496 e. The molecule has 0 saturated carbocycles. The predicted molar refractivity (Wildman–Crippen MR) is 100 cm³/mol. The molecule has 1 heterocycles. The summed E-state index contributed by atoms with van der Waals surface area (Å²) in [5.74, 6) is 1.03. The van der Waals surface area contributed by atoms with Gasteiger partial charge < -0.3 is 9.64 Å². The van der Waals surface area contributed by atoms with Crippen molar-refractivity contribution in [1.82, 2.24) is 9.80 Å². The smallest absolute Gasteiger partial charge is 0.253 e. The van der Waals surface area contributed by atoms with Gasteiger partial charge in [-0.25, -0.2) is 0 Å². The lowest BCUT2D eigenvalue weighted by Gasteiger charge is -2.34. The normalized spacial score (nSPS) is 15.2. The molecule has 0 aliphatic carbocycles. The van der Waals surface area contributed by atoms with Crippen molar-refractivity contribution in [3.8, 4) is 5.75 Å². The number of halogens is 1. The number of benzene rings is 2. The Balaban J connectivity index is 1.50. The third-order valence-corrected chi connectivity index (χ3v) is 4.89. The van der Waals surface area contributed by atoms with E-state index in [1.165, 1.54) is 5.56 Å². The van der Waals surface area contributed by atoms with E-state index in [1.807, 2.05) is 23.1 Å². The molecular weight excluding hydrogens is 336 g/mol. The lowest BCUT2D eigenvalue weighted by molar-refractivity contribution is 0.0638. The van der Waals surface area contributed by atoms with Gasteiger partial charge in [0.1, 0.15) is 5.75 Å². The number of carbonyl (C=O) groups excluding carboxylic acids is 1. The van der Waals surface area contributed by atoms with E-state index in [9.17, 15) is 4.79 Å². The molecule has 25 heavy (non-hydrogen) atoms. The van der Waals surface area contributed by atoms with Gasteiger partial charge in [0.2, 0.25) is 0 Å². The van der Waals surface area contributed by atoms with Crippen LogP contribution in [0.2, 0.25) is 5.02 Å². The van der Waals surface area contributed by atoms with Gasteiger partial charge in [0.05, 0.1) is 7.11 Å². The molecule has 3 rings (SSSR count). The highest BCUT2D eigenvalue weighted by atomic mass is 35.5. The monoisotopic (exact) mass is 358 g/mol. The van der Waals surface area contributed by atoms with E-state index in [1.54, 1.807) is 31.4 Å². The van der Waals surface area contributed by atoms with Crippen molar-refractivity contribution in [3.63, 3.8) is 0 Å². The van der Waals surface area contributed by atoms with Crippen molar-refractivity contribution in [1.29, 1.82) is 0 Å². The van der Waals surface area contributed by atoms with Crippen LogP contribution in [0.5, 0.6) is 5.75 Å². The molecule has 132 valence electrons. The van der Waals surface area contributed by atoms with Gasteiger partial charge in [-0.2, -0.15) is 0 Å². The van der Waals surface area contributed by atoms with Crippen LogP contribution in [0.25, 0.3) is 0 Å². The highest BCUT2D eigenvalue weighted by molar-refractivity contribution is 6.30. The van der Waals surface area contributed by atoms with Crippen LogP contribution in [0.1, 0.15) is 15.9 Å². The Bertz CT molecular complexity index is 710. The molecule has 5 heteroatoms. The molecule has 0 N–H and O–H groups in total. The highest BCUT2D eigenvalue weighted by Gasteiger charge is 2.22. The van der Waals surface area contributed by atoms with Gasteiger partial charge in [-0.3, -0.25) is 9.69 Å². The van der Waals surface area contributed by atoms with Crippen LogP contribution in [0, 0.1) is 0 Å². The fraction of sp³-hybridized carbons (Fsp3) is 0.350. The lowest BCUT2D eigenvalue weighted by Crippen LogP contribution is -2.49. The Morgan fingerprint density at radius 1 is 1.04 bits per heavy atom. The Morgan fingerprint density at radius 3 is 2.40 bits per heavy atom. The van der Waals surface area contributed by atoms with Gasteiger partial charge in [-0.15, -0.1) is 0 Å². The molecule has 1 aliphatic heterocycles. The first-order valence-electron chi connectivity index (χ1n) is 8.56. The zero-order valence-corrected chi connectivity index (χ0v) is 15.2. The van der Waals surface area contributed by atoms with Crippen molar-refractivity contribution < 1.29 is 9.53 Å². The summed E-state index contributed by atoms with van der Waals surface area (Å²) in [7, 11) is 1.71. The summed E-state index contributed by atoms with van der Waals surface area (Å²) in [6.45, 7) is 4.28. The third kappa shape index (κ3) is 4.53. The Hall–Kier alpha value is -2.04. The van der Waals surface area contributed by atoms with E-state index in [-0.39, 0.29) is 5.91 Å². The summed E-state index contributed by atoms with van der Waals surface area (Å²) >= 11 is 5.89. The molecule has 4 nitrogen and oxygen atoms in total. The molecule has 2 aromatic carbocycles. The molecule has 0 bridgehead atoms. The highest BCUT2D eigenvalue weighted by Crippen LogP contribution is 2.18. The maximum absolute atomic E-state index is 12.5. The van der Waals surface area contributed by atoms with Crippen molar-refractivity contribution in [2.75, 3.05) is 39.8 Å². The van der Waals surface area contributed by atoms with Crippen molar-refractivity contribution in [3.05, 3.63) is 64.7 Å². The van der Waals surface area contributed by atoms with E-state index in [0.29, 0.717) is 10.6 Å². The average molecular weight is 359 g/mol. The van der Waals surface area contributed by atoms with Gasteiger partial charge in [0.25, 0.3) is 5.91 Å². The second-order valence-electron chi connectivity index (χ2n) is 6.20. The molecule has 0 radical (unpaired) electrons. The molecule has 1 fully saturated rings. The molecule has 1 aliphatic rings. The van der Waals surface area contributed by atoms with E-state index in [4.69, 9.17) is 16.3 Å². The molecule has 1 amide bonds. The SMILES string of the molecule is COc1ccccc1CCN1CCN(C(=O)c2ccc(Cl)cc2)CC1. The van der Waals surface area contributed by atoms with Gasteiger partial charge >= 0.3 is 0 Å². The van der Waals surface area contributed by atoms with Crippen LogP contribution in [-0.4, -0.2) is 55.5 Å². The quantitative estimate of drug-likeness (QED) is 0.821. The Labute approximate surface area is 154 Å². The van der Waals surface area contributed by atoms with Gasteiger partial charge in [0.15, 0.2) is 0 Å². The minimum absolute atomic E-state index is 0.0843. The minimum atomic E-state index is 0.0843. The number of carbonyl (C=O) groups is 1. The van der Waals surface area contributed by atoms with E-state index >= 15 is 0 Å². The van der Waals surface area contributed by atoms with Crippen LogP contribution < -0.4 is 4.74 Å². The zero-order valence-electron chi connectivity index (χ0n) is 14.5. The summed E-state index contributed by atoms with van der Waals surface area (Å²) in [4.78, 5) is 16.8. The topological polar surface area (TPSA) is 32.8 Å².